The fraction of sp³-hybridized carbons (Fsp3) is 0.519. The van der Waals surface area contributed by atoms with Crippen molar-refractivity contribution in [2.75, 3.05) is 43.0 Å². The number of aromatic nitrogens is 6. The molecule has 4 aromatic heterocycles. The summed E-state index contributed by atoms with van der Waals surface area (Å²) in [5, 5.41) is 15.1. The molecule has 0 bridgehead atoms. The first-order valence-electron chi connectivity index (χ1n) is 23.9. The van der Waals surface area contributed by atoms with Crippen LogP contribution < -0.4 is 25.6 Å². The maximum atomic E-state index is 12.9. The van der Waals surface area contributed by atoms with E-state index in [-0.39, 0.29) is 54.7 Å². The zero-order chi connectivity index (χ0) is 49.9. The first-order chi connectivity index (χ1) is 33.3. The molecule has 6 heterocycles. The summed E-state index contributed by atoms with van der Waals surface area (Å²) in [4.78, 5) is 35.5. The van der Waals surface area contributed by atoms with Crippen LogP contribution in [-0.2, 0) is 15.7 Å². The summed E-state index contributed by atoms with van der Waals surface area (Å²) >= 11 is 25.7. The highest BCUT2D eigenvalue weighted by Gasteiger charge is 2.51. The van der Waals surface area contributed by atoms with E-state index < -0.39 is 17.1 Å². The number of halogens is 4. The SMILES string of the molecule is C.C.CNC(=O)O[C@H]1C[C@@H](N)C2(CCN(c3nc(C)c(-c4cccc(Cl)c4Cl)c4nccn34)CC2)C1.Cc1nc(N2CCC3(CC2)C[C@@H](O)C[C@H]3NS(=O)C(C)(C)C)n2ccnc2c1-c1cccc(Cl)c1Cl. The first kappa shape index (κ1) is 55.5. The Balaban J connectivity index is 0.000000206. The van der Waals surface area contributed by atoms with E-state index in [2.05, 4.69) is 29.8 Å². The Kier molecular flexibility index (Phi) is 16.9. The predicted molar refractivity (Wildman–Crippen MR) is 294 cm³/mol. The zero-order valence-electron chi connectivity index (χ0n) is 40.3. The summed E-state index contributed by atoms with van der Waals surface area (Å²) in [5.74, 6) is 1.70. The number of nitrogens with one attached hydrogen (secondary N) is 2. The van der Waals surface area contributed by atoms with Crippen LogP contribution >= 0.6 is 46.4 Å². The van der Waals surface area contributed by atoms with Crippen molar-refractivity contribution in [3.05, 3.63) is 92.7 Å². The molecule has 2 saturated heterocycles. The lowest BCUT2D eigenvalue weighted by Crippen LogP contribution is -2.51. The number of carbonyl (C=O) groups is 1. The molecule has 20 heteroatoms. The van der Waals surface area contributed by atoms with Crippen molar-refractivity contribution in [2.45, 2.75) is 130 Å². The molecule has 1 unspecified atom stereocenters. The minimum atomic E-state index is -1.18. The minimum absolute atomic E-state index is 0. The molecule has 2 saturated carbocycles. The van der Waals surface area contributed by atoms with Gasteiger partial charge in [-0.3, -0.25) is 8.80 Å². The second kappa shape index (κ2) is 21.9. The topological polar surface area (TPSA) is 181 Å². The van der Waals surface area contributed by atoms with E-state index in [1.54, 1.807) is 31.6 Å². The Morgan fingerprint density at radius 1 is 0.778 bits per heavy atom. The summed E-state index contributed by atoms with van der Waals surface area (Å²) in [5.41, 5.74) is 13.1. The number of imidazole rings is 2. The summed E-state index contributed by atoms with van der Waals surface area (Å²) in [6.45, 7) is 13.1. The number of nitrogens with zero attached hydrogens (tertiary/aromatic N) is 8. The number of anilines is 2. The molecule has 390 valence electrons. The van der Waals surface area contributed by atoms with Gasteiger partial charge in [0.1, 0.15) is 17.4 Å². The number of aryl methyl sites for hydroxylation is 2. The van der Waals surface area contributed by atoms with E-state index >= 15 is 0 Å². The smallest absolute Gasteiger partial charge is 0.407 e. The van der Waals surface area contributed by atoms with Crippen molar-refractivity contribution in [2.24, 2.45) is 16.6 Å². The number of benzene rings is 2. The summed E-state index contributed by atoms with van der Waals surface area (Å²) in [7, 11) is 0.397. The number of hydrogen-bond acceptors (Lipinski definition) is 11. The van der Waals surface area contributed by atoms with Gasteiger partial charge in [-0.25, -0.2) is 33.7 Å². The van der Waals surface area contributed by atoms with Crippen LogP contribution in [-0.4, -0.2) is 106 Å². The quantitative estimate of drug-likeness (QED) is 0.119. The number of piperidine rings is 2. The van der Waals surface area contributed by atoms with Gasteiger partial charge in [-0.1, -0.05) is 85.5 Å². The molecule has 2 aliphatic carbocycles. The van der Waals surface area contributed by atoms with E-state index in [1.807, 2.05) is 80.1 Å². The number of aliphatic hydroxyl groups excluding tert-OH is 1. The fourth-order valence-electron chi connectivity index (χ4n) is 11.3. The number of alkyl carbamates (subject to hydrolysis) is 1. The van der Waals surface area contributed by atoms with Gasteiger partial charge in [0, 0.05) is 98.8 Å². The third-order valence-electron chi connectivity index (χ3n) is 15.1. The number of nitrogens with two attached hydrogens (primary N) is 1. The zero-order valence-corrected chi connectivity index (χ0v) is 44.2. The molecule has 72 heavy (non-hydrogen) atoms. The standard InChI is InChI=1S/C26H33Cl2N5O2S.C24H28Cl2N6O2.2CH4/c1-16-21(18-6-5-7-19(27)22(18)28)23-29-10-13-33(23)24(30-16)32-11-8-26(9-12-32)15-17(34)14-20(26)31-36(35)25(2,3)4;1-14-19(16-4-3-5-17(25)20(16)26)21-29-8-11-32(21)22(30-14)31-9-6-24(7-10-31)13-15(12-18(24)27)34-23(33)28-2;;/h5-7,10,13,17,20,31,34H,8-9,11-12,14-15H2,1-4H3;3-5,8,11,15,18H,6-7,9-10,12-13,27H2,1-2H3,(H,28,33);2*1H4/t17-,20+,36?;15-,18+;;/m00../s1. The Bertz CT molecular complexity index is 2950. The van der Waals surface area contributed by atoms with Gasteiger partial charge in [-0.05, 0) is 103 Å². The number of hydrogen-bond donors (Lipinski definition) is 4. The van der Waals surface area contributed by atoms with Crippen LogP contribution in [0.15, 0.2) is 61.2 Å². The van der Waals surface area contributed by atoms with Gasteiger partial charge < -0.3 is 30.7 Å². The molecule has 2 aromatic carbocycles. The molecule has 4 fully saturated rings. The normalized spacial score (nSPS) is 21.8. The Morgan fingerprint density at radius 2 is 1.25 bits per heavy atom. The molecule has 1 amide bonds. The van der Waals surface area contributed by atoms with Crippen LogP contribution in [0.25, 0.3) is 33.5 Å². The molecule has 4 aliphatic rings. The molecule has 6 aromatic rings. The third kappa shape index (κ3) is 10.5. The highest BCUT2D eigenvalue weighted by Crippen LogP contribution is 2.49. The molecular weight excluding hydrogens is 1020 g/mol. The largest absolute Gasteiger partial charge is 0.446 e. The van der Waals surface area contributed by atoms with Crippen molar-refractivity contribution in [3.63, 3.8) is 0 Å². The first-order valence-corrected chi connectivity index (χ1v) is 26.6. The minimum Gasteiger partial charge on any atom is -0.446 e. The molecule has 0 radical (unpaired) electrons. The summed E-state index contributed by atoms with van der Waals surface area (Å²) < 4.78 is 25.4. The molecule has 5 atom stereocenters. The van der Waals surface area contributed by atoms with Crippen molar-refractivity contribution in [3.8, 4) is 22.3 Å². The lowest BCUT2D eigenvalue weighted by Gasteiger charge is -2.44. The molecule has 10 rings (SSSR count). The van der Waals surface area contributed by atoms with Crippen LogP contribution in [0.2, 0.25) is 20.1 Å². The predicted octanol–water partition coefficient (Wildman–Crippen LogP) is 10.9. The maximum Gasteiger partial charge on any atom is 0.407 e. The number of ether oxygens (including phenoxy) is 1. The molecule has 2 aliphatic heterocycles. The third-order valence-corrected chi connectivity index (χ3v) is 18.3. The van der Waals surface area contributed by atoms with Gasteiger partial charge in [0.05, 0.1) is 53.3 Å². The van der Waals surface area contributed by atoms with Gasteiger partial charge in [0.15, 0.2) is 0 Å². The van der Waals surface area contributed by atoms with Crippen LogP contribution in [0.3, 0.4) is 0 Å². The van der Waals surface area contributed by atoms with E-state index in [0.29, 0.717) is 32.9 Å². The van der Waals surface area contributed by atoms with Gasteiger partial charge in [-0.2, -0.15) is 0 Å². The average molecular weight is 1090 g/mol. The second-order valence-electron chi connectivity index (χ2n) is 20.4. The Labute approximate surface area is 446 Å². The maximum absolute atomic E-state index is 12.9. The number of carbonyl (C=O) groups excluding carboxylic acids is 1. The van der Waals surface area contributed by atoms with Gasteiger partial charge in [-0.15, -0.1) is 0 Å². The molecular formula is C52H69Cl4N11O4S. The van der Waals surface area contributed by atoms with Gasteiger partial charge in [0.2, 0.25) is 11.9 Å². The number of amides is 1. The molecule has 5 N–H and O–H groups in total. The van der Waals surface area contributed by atoms with Crippen LogP contribution in [0.1, 0.15) is 98.4 Å². The van der Waals surface area contributed by atoms with Crippen LogP contribution in [0.4, 0.5) is 16.7 Å². The second-order valence-corrected chi connectivity index (χ2v) is 23.9. The Morgan fingerprint density at radius 3 is 1.71 bits per heavy atom. The molecule has 15 nitrogen and oxygen atoms in total. The van der Waals surface area contributed by atoms with E-state index in [9.17, 15) is 14.1 Å². The fourth-order valence-corrected chi connectivity index (χ4v) is 13.0. The summed E-state index contributed by atoms with van der Waals surface area (Å²) in [6.07, 6.45) is 13.0. The van der Waals surface area contributed by atoms with Gasteiger partial charge >= 0.3 is 6.09 Å². The summed E-state index contributed by atoms with van der Waals surface area (Å²) in [6, 6.07) is 11.2. The average Bonchev–Trinajstić information content (AvgIpc) is 4.13. The van der Waals surface area contributed by atoms with Crippen molar-refractivity contribution >= 4 is 86.7 Å². The highest BCUT2D eigenvalue weighted by molar-refractivity contribution is 7.84. The lowest BCUT2D eigenvalue weighted by molar-refractivity contribution is 0.0899. The van der Waals surface area contributed by atoms with E-state index in [0.717, 1.165) is 122 Å². The van der Waals surface area contributed by atoms with Crippen molar-refractivity contribution < 1.29 is 18.8 Å². The van der Waals surface area contributed by atoms with Crippen molar-refractivity contribution in [1.29, 1.82) is 0 Å². The monoisotopic (exact) mass is 1080 g/mol. The number of aliphatic hydroxyl groups is 1. The van der Waals surface area contributed by atoms with E-state index in [4.69, 9.17) is 66.8 Å². The highest BCUT2D eigenvalue weighted by atomic mass is 35.5. The van der Waals surface area contributed by atoms with Gasteiger partial charge in [0.25, 0.3) is 0 Å². The number of rotatable bonds is 7. The van der Waals surface area contributed by atoms with Crippen molar-refractivity contribution in [1.82, 2.24) is 38.8 Å². The van der Waals surface area contributed by atoms with E-state index in [1.165, 1.54) is 0 Å². The Hall–Kier alpha value is -4.26. The number of fused-ring (bicyclic) bond motifs is 2. The molecule has 2 spiro atoms. The lowest BCUT2D eigenvalue weighted by atomic mass is 9.74. The van der Waals surface area contributed by atoms with Crippen LogP contribution in [0, 0.1) is 24.7 Å². The van der Waals surface area contributed by atoms with Crippen LogP contribution in [0.5, 0.6) is 0 Å².